The third-order valence-electron chi connectivity index (χ3n) is 3.83. The zero-order valence-corrected chi connectivity index (χ0v) is 15.5. The minimum absolute atomic E-state index is 0.262. The first-order chi connectivity index (χ1) is 12.5. The van der Waals surface area contributed by atoms with Gasteiger partial charge in [-0.25, -0.2) is 14.8 Å². The molecule has 3 aromatic rings. The molecule has 0 saturated carbocycles. The van der Waals surface area contributed by atoms with Crippen molar-refractivity contribution in [1.29, 1.82) is 0 Å². The van der Waals surface area contributed by atoms with E-state index < -0.39 is 0 Å². The summed E-state index contributed by atoms with van der Waals surface area (Å²) in [7, 11) is 0. The van der Waals surface area contributed by atoms with E-state index in [4.69, 9.17) is 23.2 Å². The van der Waals surface area contributed by atoms with Crippen LogP contribution in [0.25, 0.3) is 5.82 Å². The number of rotatable bonds is 5. The summed E-state index contributed by atoms with van der Waals surface area (Å²) in [4.78, 5) is 20.6. The topological polar surface area (TPSA) is 71.8 Å². The quantitative estimate of drug-likeness (QED) is 0.688. The smallest absolute Gasteiger partial charge is 0.315 e. The van der Waals surface area contributed by atoms with Crippen LogP contribution in [0.3, 0.4) is 0 Å². The molecule has 0 saturated heterocycles. The van der Waals surface area contributed by atoms with Gasteiger partial charge in [0, 0.05) is 40.7 Å². The van der Waals surface area contributed by atoms with Crippen molar-refractivity contribution in [1.82, 2.24) is 25.2 Å². The Bertz CT molecular complexity index is 898. The number of carbonyl (C=O) groups excluding carboxylic acids is 1. The molecule has 2 heterocycles. The lowest BCUT2D eigenvalue weighted by Gasteiger charge is -2.17. The van der Waals surface area contributed by atoms with Gasteiger partial charge in [-0.2, -0.15) is 0 Å². The van der Waals surface area contributed by atoms with Gasteiger partial charge in [-0.3, -0.25) is 4.57 Å². The molecular weight excluding hydrogens is 373 g/mol. The molecule has 26 heavy (non-hydrogen) atoms. The molecule has 0 bridgehead atoms. The van der Waals surface area contributed by atoms with Crippen molar-refractivity contribution >= 4 is 29.2 Å². The van der Waals surface area contributed by atoms with Crippen LogP contribution in [-0.2, 0) is 6.54 Å². The second-order valence-electron chi connectivity index (χ2n) is 5.67. The molecule has 2 N–H and O–H groups in total. The van der Waals surface area contributed by atoms with Gasteiger partial charge in [0.1, 0.15) is 12.1 Å². The molecule has 2 amide bonds. The number of halogens is 2. The van der Waals surface area contributed by atoms with Crippen molar-refractivity contribution in [3.63, 3.8) is 0 Å². The first-order valence-corrected chi connectivity index (χ1v) is 8.71. The van der Waals surface area contributed by atoms with E-state index in [1.165, 1.54) is 0 Å². The molecule has 0 aliphatic heterocycles. The Morgan fingerprint density at radius 2 is 2.12 bits per heavy atom. The fourth-order valence-electron chi connectivity index (χ4n) is 2.54. The van der Waals surface area contributed by atoms with Crippen molar-refractivity contribution < 1.29 is 4.79 Å². The molecule has 3 rings (SSSR count). The summed E-state index contributed by atoms with van der Waals surface area (Å²) < 4.78 is 1.80. The van der Waals surface area contributed by atoms with Gasteiger partial charge < -0.3 is 10.6 Å². The number of pyridine rings is 1. The molecule has 0 spiro atoms. The van der Waals surface area contributed by atoms with Crippen molar-refractivity contribution in [2.75, 3.05) is 0 Å². The fourth-order valence-corrected chi connectivity index (χ4v) is 3.11. The van der Waals surface area contributed by atoms with Gasteiger partial charge in [0.15, 0.2) is 0 Å². The molecule has 134 valence electrons. The maximum Gasteiger partial charge on any atom is 0.315 e. The standard InChI is InChI=1S/C18H17Cl2N5O/c1-12(15-5-4-14(19)9-16(15)20)24-18(26)23-10-13-3-2-6-22-17(13)25-8-7-21-11-25/h2-9,11-12H,10H2,1H3,(H2,23,24,26)/t12-/m0/s1. The van der Waals surface area contributed by atoms with Crippen molar-refractivity contribution in [2.24, 2.45) is 0 Å². The minimum atomic E-state index is -0.302. The number of hydrogen-bond donors (Lipinski definition) is 2. The Morgan fingerprint density at radius 3 is 2.85 bits per heavy atom. The summed E-state index contributed by atoms with van der Waals surface area (Å²) in [6.07, 6.45) is 6.84. The van der Waals surface area contributed by atoms with Crippen LogP contribution in [0.2, 0.25) is 10.0 Å². The highest BCUT2D eigenvalue weighted by molar-refractivity contribution is 6.35. The van der Waals surface area contributed by atoms with Crippen molar-refractivity contribution in [3.05, 3.63) is 76.4 Å². The zero-order chi connectivity index (χ0) is 18.5. The van der Waals surface area contributed by atoms with Crippen LogP contribution in [0, 0.1) is 0 Å². The van der Waals surface area contributed by atoms with E-state index in [1.807, 2.05) is 19.1 Å². The lowest BCUT2D eigenvalue weighted by Crippen LogP contribution is -2.36. The minimum Gasteiger partial charge on any atom is -0.334 e. The Kier molecular flexibility index (Phi) is 5.75. The highest BCUT2D eigenvalue weighted by Crippen LogP contribution is 2.26. The van der Waals surface area contributed by atoms with Crippen molar-refractivity contribution in [3.8, 4) is 5.82 Å². The molecule has 1 atom stereocenters. The van der Waals surface area contributed by atoms with Gasteiger partial charge in [0.25, 0.3) is 0 Å². The summed E-state index contributed by atoms with van der Waals surface area (Å²) in [6, 6.07) is 8.36. The van der Waals surface area contributed by atoms with Gasteiger partial charge in [0.05, 0.1) is 6.04 Å². The predicted molar refractivity (Wildman–Crippen MR) is 102 cm³/mol. The molecule has 1 aromatic carbocycles. The molecule has 0 fully saturated rings. The Balaban J connectivity index is 1.63. The summed E-state index contributed by atoms with van der Waals surface area (Å²) in [6.45, 7) is 2.18. The average Bonchev–Trinajstić information content (AvgIpc) is 3.14. The van der Waals surface area contributed by atoms with E-state index in [2.05, 4.69) is 20.6 Å². The molecule has 0 radical (unpaired) electrons. The predicted octanol–water partition coefficient (Wildman–Crippen LogP) is 4.13. The van der Waals surface area contributed by atoms with Crippen LogP contribution in [0.4, 0.5) is 4.79 Å². The molecular formula is C18H17Cl2N5O. The molecule has 8 heteroatoms. The SMILES string of the molecule is C[C@H](NC(=O)NCc1cccnc1-n1ccnc1)c1ccc(Cl)cc1Cl. The van der Waals surface area contributed by atoms with E-state index in [0.29, 0.717) is 16.6 Å². The van der Waals surface area contributed by atoms with E-state index in [-0.39, 0.29) is 12.1 Å². The highest BCUT2D eigenvalue weighted by Gasteiger charge is 2.13. The van der Waals surface area contributed by atoms with Crippen LogP contribution in [0.1, 0.15) is 24.1 Å². The third kappa shape index (κ3) is 4.33. The fraction of sp³-hybridized carbons (Fsp3) is 0.167. The number of benzene rings is 1. The van der Waals surface area contributed by atoms with Crippen LogP contribution >= 0.6 is 23.2 Å². The Morgan fingerprint density at radius 1 is 1.27 bits per heavy atom. The first kappa shape index (κ1) is 18.2. The number of carbonyl (C=O) groups is 1. The summed E-state index contributed by atoms with van der Waals surface area (Å²) in [5.74, 6) is 0.721. The number of aromatic nitrogens is 3. The number of nitrogens with one attached hydrogen (secondary N) is 2. The number of hydrogen-bond acceptors (Lipinski definition) is 3. The molecule has 0 unspecified atom stereocenters. The van der Waals surface area contributed by atoms with Crippen LogP contribution in [0.5, 0.6) is 0 Å². The summed E-state index contributed by atoms with van der Waals surface area (Å²) in [5.41, 5.74) is 1.67. The highest BCUT2D eigenvalue weighted by atomic mass is 35.5. The number of amides is 2. The zero-order valence-electron chi connectivity index (χ0n) is 14.0. The van der Waals surface area contributed by atoms with Gasteiger partial charge in [0.2, 0.25) is 0 Å². The van der Waals surface area contributed by atoms with E-state index in [1.54, 1.807) is 47.7 Å². The normalized spacial score (nSPS) is 11.8. The molecule has 6 nitrogen and oxygen atoms in total. The van der Waals surface area contributed by atoms with Crippen LogP contribution in [0.15, 0.2) is 55.2 Å². The Hall–Kier alpha value is -2.57. The summed E-state index contributed by atoms with van der Waals surface area (Å²) in [5, 5.41) is 6.77. The van der Waals surface area contributed by atoms with Crippen LogP contribution < -0.4 is 10.6 Å². The monoisotopic (exact) mass is 389 g/mol. The van der Waals surface area contributed by atoms with E-state index in [9.17, 15) is 4.79 Å². The van der Waals surface area contributed by atoms with E-state index >= 15 is 0 Å². The lowest BCUT2D eigenvalue weighted by molar-refractivity contribution is 0.237. The summed E-state index contributed by atoms with van der Waals surface area (Å²) >= 11 is 12.1. The van der Waals surface area contributed by atoms with Gasteiger partial charge in [-0.05, 0) is 30.7 Å². The maximum absolute atomic E-state index is 12.2. The largest absolute Gasteiger partial charge is 0.334 e. The van der Waals surface area contributed by atoms with Gasteiger partial charge in [-0.15, -0.1) is 0 Å². The van der Waals surface area contributed by atoms with E-state index in [0.717, 1.165) is 16.9 Å². The Labute approximate surface area is 161 Å². The second-order valence-corrected chi connectivity index (χ2v) is 6.51. The number of nitrogens with zero attached hydrogens (tertiary/aromatic N) is 3. The molecule has 0 aliphatic carbocycles. The molecule has 2 aromatic heterocycles. The number of imidazole rings is 1. The first-order valence-electron chi connectivity index (χ1n) is 7.96. The average molecular weight is 390 g/mol. The maximum atomic E-state index is 12.2. The number of urea groups is 1. The third-order valence-corrected chi connectivity index (χ3v) is 4.39. The lowest BCUT2D eigenvalue weighted by atomic mass is 10.1. The van der Waals surface area contributed by atoms with Gasteiger partial charge >= 0.3 is 6.03 Å². The second kappa shape index (κ2) is 8.21. The molecule has 0 aliphatic rings. The van der Waals surface area contributed by atoms with Gasteiger partial charge in [-0.1, -0.05) is 35.3 Å². The van der Waals surface area contributed by atoms with Crippen LogP contribution in [-0.4, -0.2) is 20.6 Å². The van der Waals surface area contributed by atoms with Crippen molar-refractivity contribution in [2.45, 2.75) is 19.5 Å².